The summed E-state index contributed by atoms with van der Waals surface area (Å²) in [5.74, 6) is 0.538. The van der Waals surface area contributed by atoms with Crippen molar-refractivity contribution in [1.82, 2.24) is 0 Å². The van der Waals surface area contributed by atoms with Crippen molar-refractivity contribution in [3.8, 4) is 0 Å². The molecule has 0 heterocycles. The molecule has 0 saturated heterocycles. The normalized spacial score (nSPS) is 12.4. The van der Waals surface area contributed by atoms with Crippen molar-refractivity contribution in [2.24, 2.45) is 0 Å². The van der Waals surface area contributed by atoms with Crippen LogP contribution >= 0.6 is 11.8 Å². The first-order valence-electron chi connectivity index (χ1n) is 6.12. The maximum Gasteiger partial charge on any atom is 0.326 e. The van der Waals surface area contributed by atoms with Crippen LogP contribution in [0.1, 0.15) is 31.7 Å². The molecule has 100 valence electrons. The van der Waals surface area contributed by atoms with Gasteiger partial charge in [-0.2, -0.15) is 11.8 Å². The number of rotatable bonds is 7. The van der Waals surface area contributed by atoms with Gasteiger partial charge in [-0.1, -0.05) is 26.0 Å². The van der Waals surface area contributed by atoms with Gasteiger partial charge in [-0.05, 0) is 42.0 Å². The van der Waals surface area contributed by atoms with Crippen molar-refractivity contribution < 1.29 is 9.90 Å². The fourth-order valence-corrected chi connectivity index (χ4v) is 2.13. The van der Waals surface area contributed by atoms with Crippen LogP contribution in [-0.4, -0.2) is 29.1 Å². The Morgan fingerprint density at radius 3 is 2.39 bits per heavy atom. The van der Waals surface area contributed by atoms with Gasteiger partial charge in [0.1, 0.15) is 6.04 Å². The number of carbonyl (C=O) groups is 1. The highest BCUT2D eigenvalue weighted by Gasteiger charge is 2.16. The first-order valence-corrected chi connectivity index (χ1v) is 7.52. The summed E-state index contributed by atoms with van der Waals surface area (Å²) in [4.78, 5) is 11.1. The number of aliphatic carboxylic acids is 1. The zero-order valence-corrected chi connectivity index (χ0v) is 12.0. The van der Waals surface area contributed by atoms with Gasteiger partial charge in [-0.25, -0.2) is 4.79 Å². The fraction of sp³-hybridized carbons (Fsp3) is 0.500. The molecule has 0 aliphatic rings. The lowest BCUT2D eigenvalue weighted by molar-refractivity contribution is -0.137. The third-order valence-electron chi connectivity index (χ3n) is 2.83. The molecular formula is C14H21NO2S. The molecule has 0 aliphatic carbocycles. The first-order chi connectivity index (χ1) is 8.54. The van der Waals surface area contributed by atoms with E-state index in [0.717, 1.165) is 11.4 Å². The van der Waals surface area contributed by atoms with E-state index >= 15 is 0 Å². The molecule has 0 fully saturated rings. The smallest absolute Gasteiger partial charge is 0.326 e. The third-order valence-corrected chi connectivity index (χ3v) is 3.47. The van der Waals surface area contributed by atoms with Crippen LogP contribution in [-0.2, 0) is 4.79 Å². The Morgan fingerprint density at radius 2 is 1.94 bits per heavy atom. The van der Waals surface area contributed by atoms with Gasteiger partial charge >= 0.3 is 5.97 Å². The quantitative estimate of drug-likeness (QED) is 0.794. The average Bonchev–Trinajstić information content (AvgIpc) is 2.34. The minimum atomic E-state index is -0.794. The molecule has 1 aromatic carbocycles. The van der Waals surface area contributed by atoms with E-state index < -0.39 is 12.0 Å². The number of nitrogens with one attached hydrogen (secondary N) is 1. The molecule has 0 spiro atoms. The second-order valence-corrected chi connectivity index (χ2v) is 5.58. The van der Waals surface area contributed by atoms with E-state index in [-0.39, 0.29) is 0 Å². The van der Waals surface area contributed by atoms with Crippen LogP contribution in [0.2, 0.25) is 0 Å². The minimum Gasteiger partial charge on any atom is -0.480 e. The molecule has 2 N–H and O–H groups in total. The summed E-state index contributed by atoms with van der Waals surface area (Å²) < 4.78 is 0. The van der Waals surface area contributed by atoms with Crippen LogP contribution in [0.25, 0.3) is 0 Å². The van der Waals surface area contributed by atoms with E-state index in [1.807, 2.05) is 30.5 Å². The maximum atomic E-state index is 11.1. The third kappa shape index (κ3) is 4.61. The van der Waals surface area contributed by atoms with Crippen molar-refractivity contribution in [3.05, 3.63) is 29.8 Å². The molecule has 0 saturated carbocycles. The molecule has 1 aromatic rings. The van der Waals surface area contributed by atoms with E-state index in [4.69, 9.17) is 5.11 Å². The molecule has 0 aliphatic heterocycles. The van der Waals surface area contributed by atoms with Gasteiger partial charge in [0.2, 0.25) is 0 Å². The van der Waals surface area contributed by atoms with Crippen LogP contribution in [0.15, 0.2) is 24.3 Å². The van der Waals surface area contributed by atoms with E-state index in [0.29, 0.717) is 12.3 Å². The van der Waals surface area contributed by atoms with Gasteiger partial charge in [-0.3, -0.25) is 0 Å². The Labute approximate surface area is 113 Å². The summed E-state index contributed by atoms with van der Waals surface area (Å²) in [6.07, 6.45) is 2.61. The maximum absolute atomic E-state index is 11.1. The van der Waals surface area contributed by atoms with E-state index in [1.165, 1.54) is 5.56 Å². The summed E-state index contributed by atoms with van der Waals surface area (Å²) in [6, 6.07) is 7.47. The molecule has 18 heavy (non-hydrogen) atoms. The predicted molar refractivity (Wildman–Crippen MR) is 78.6 cm³/mol. The summed E-state index contributed by atoms with van der Waals surface area (Å²) in [5, 5.41) is 12.2. The van der Waals surface area contributed by atoms with Crippen molar-refractivity contribution in [3.63, 3.8) is 0 Å². The second kappa shape index (κ2) is 7.31. The van der Waals surface area contributed by atoms with Crippen molar-refractivity contribution in [2.75, 3.05) is 17.3 Å². The molecule has 1 atom stereocenters. The zero-order chi connectivity index (χ0) is 13.5. The molecule has 4 heteroatoms. The van der Waals surface area contributed by atoms with Gasteiger partial charge in [0.25, 0.3) is 0 Å². The van der Waals surface area contributed by atoms with Crippen molar-refractivity contribution in [2.45, 2.75) is 32.2 Å². The van der Waals surface area contributed by atoms with Gasteiger partial charge in [0.05, 0.1) is 0 Å². The molecule has 0 amide bonds. The summed E-state index contributed by atoms with van der Waals surface area (Å²) >= 11 is 1.66. The summed E-state index contributed by atoms with van der Waals surface area (Å²) in [6.45, 7) is 4.28. The number of benzene rings is 1. The minimum absolute atomic E-state index is 0.491. The molecule has 0 bridgehead atoms. The SMILES string of the molecule is CSCC[C@H](Nc1ccc(C(C)C)cc1)C(=O)O. The number of thioether (sulfide) groups is 1. The molecule has 0 aromatic heterocycles. The van der Waals surface area contributed by atoms with Crippen LogP contribution in [0.5, 0.6) is 0 Å². The van der Waals surface area contributed by atoms with Gasteiger partial charge in [0.15, 0.2) is 0 Å². The standard InChI is InChI=1S/C14H21NO2S/c1-10(2)11-4-6-12(7-5-11)15-13(14(16)17)8-9-18-3/h4-7,10,13,15H,8-9H2,1-3H3,(H,16,17)/t13-/m0/s1. The van der Waals surface area contributed by atoms with Gasteiger partial charge in [-0.15, -0.1) is 0 Å². The number of hydrogen-bond acceptors (Lipinski definition) is 3. The lowest BCUT2D eigenvalue weighted by Gasteiger charge is -2.16. The lowest BCUT2D eigenvalue weighted by Crippen LogP contribution is -2.29. The van der Waals surface area contributed by atoms with Crippen LogP contribution in [0.4, 0.5) is 5.69 Å². The largest absolute Gasteiger partial charge is 0.480 e. The summed E-state index contributed by atoms with van der Waals surface area (Å²) in [7, 11) is 0. The molecule has 0 radical (unpaired) electrons. The second-order valence-electron chi connectivity index (χ2n) is 4.59. The molecule has 0 unspecified atom stereocenters. The molecular weight excluding hydrogens is 246 g/mol. The number of anilines is 1. The van der Waals surface area contributed by atoms with Crippen LogP contribution in [0.3, 0.4) is 0 Å². The van der Waals surface area contributed by atoms with Crippen LogP contribution < -0.4 is 5.32 Å². The zero-order valence-electron chi connectivity index (χ0n) is 11.1. The van der Waals surface area contributed by atoms with Gasteiger partial charge in [0, 0.05) is 5.69 Å². The number of carboxylic acids is 1. The van der Waals surface area contributed by atoms with E-state index in [9.17, 15) is 4.79 Å². The fourth-order valence-electron chi connectivity index (χ4n) is 1.66. The Kier molecular flexibility index (Phi) is 6.05. The number of carboxylic acid groups (broad SMARTS) is 1. The van der Waals surface area contributed by atoms with Crippen LogP contribution in [0, 0.1) is 0 Å². The predicted octanol–water partition coefficient (Wildman–Crippen LogP) is 3.43. The highest BCUT2D eigenvalue weighted by atomic mass is 32.2. The highest BCUT2D eigenvalue weighted by molar-refractivity contribution is 7.98. The molecule has 1 rings (SSSR count). The Hall–Kier alpha value is -1.16. The lowest BCUT2D eigenvalue weighted by atomic mass is 10.0. The first kappa shape index (κ1) is 14.9. The van der Waals surface area contributed by atoms with Crippen molar-refractivity contribution >= 4 is 23.4 Å². The monoisotopic (exact) mass is 267 g/mol. The Morgan fingerprint density at radius 1 is 1.33 bits per heavy atom. The Bertz CT molecular complexity index is 376. The van der Waals surface area contributed by atoms with E-state index in [2.05, 4.69) is 19.2 Å². The molecule has 3 nitrogen and oxygen atoms in total. The average molecular weight is 267 g/mol. The van der Waals surface area contributed by atoms with Crippen molar-refractivity contribution in [1.29, 1.82) is 0 Å². The summed E-state index contributed by atoms with van der Waals surface area (Å²) in [5.41, 5.74) is 2.13. The number of hydrogen-bond donors (Lipinski definition) is 2. The highest BCUT2D eigenvalue weighted by Crippen LogP contribution is 2.18. The topological polar surface area (TPSA) is 49.3 Å². The van der Waals surface area contributed by atoms with Gasteiger partial charge < -0.3 is 10.4 Å². The Balaban J connectivity index is 2.66. The van der Waals surface area contributed by atoms with E-state index in [1.54, 1.807) is 11.8 Å².